The average Bonchev–Trinajstić information content (AvgIpc) is 2.37. The third-order valence-electron chi connectivity index (χ3n) is 2.44. The largest absolute Gasteiger partial charge is 0.362 e. The first-order valence-electron chi connectivity index (χ1n) is 4.63. The van der Waals surface area contributed by atoms with Crippen LogP contribution in [-0.2, 0) is 6.42 Å². The quantitative estimate of drug-likeness (QED) is 0.617. The predicted molar refractivity (Wildman–Crippen MR) is 50.7 cm³/mol. The molecule has 0 spiro atoms. The normalized spacial score (nSPS) is 22.0. The first-order chi connectivity index (χ1) is 6.16. The highest BCUT2D eigenvalue weighted by molar-refractivity contribution is 5.96. The molecule has 1 aliphatic rings. The van der Waals surface area contributed by atoms with Crippen molar-refractivity contribution in [1.82, 2.24) is 10.3 Å². The third kappa shape index (κ3) is 1.46. The number of H-pyrrole nitrogens is 1. The van der Waals surface area contributed by atoms with Gasteiger partial charge >= 0.3 is 0 Å². The summed E-state index contributed by atoms with van der Waals surface area (Å²) >= 11 is 0. The highest BCUT2D eigenvalue weighted by Crippen LogP contribution is 2.17. The van der Waals surface area contributed by atoms with E-state index in [-0.39, 0.29) is 5.91 Å². The van der Waals surface area contributed by atoms with E-state index in [9.17, 15) is 4.79 Å². The molecule has 2 rings (SSSR count). The molecule has 0 saturated carbocycles. The SMILES string of the molecule is Cc1cc2c([nH]1)CC(C)CNC2=O. The van der Waals surface area contributed by atoms with Gasteiger partial charge in [-0.2, -0.15) is 0 Å². The number of hydrogen-bond donors (Lipinski definition) is 2. The van der Waals surface area contributed by atoms with Crippen molar-refractivity contribution in [2.24, 2.45) is 5.92 Å². The van der Waals surface area contributed by atoms with Crippen LogP contribution in [0.4, 0.5) is 0 Å². The minimum atomic E-state index is 0.0590. The van der Waals surface area contributed by atoms with Crippen LogP contribution in [0.3, 0.4) is 0 Å². The predicted octanol–water partition coefficient (Wildman–Crippen LogP) is 1.25. The fourth-order valence-corrected chi connectivity index (χ4v) is 1.79. The molecule has 0 fully saturated rings. The number of nitrogens with one attached hydrogen (secondary N) is 2. The fourth-order valence-electron chi connectivity index (χ4n) is 1.79. The summed E-state index contributed by atoms with van der Waals surface area (Å²) in [6.45, 7) is 4.90. The molecule has 0 aromatic carbocycles. The zero-order chi connectivity index (χ0) is 9.42. The average molecular weight is 178 g/mol. The van der Waals surface area contributed by atoms with Gasteiger partial charge in [0.2, 0.25) is 0 Å². The van der Waals surface area contributed by atoms with E-state index in [1.165, 1.54) is 0 Å². The van der Waals surface area contributed by atoms with Crippen LogP contribution in [0, 0.1) is 12.8 Å². The van der Waals surface area contributed by atoms with Gasteiger partial charge in [-0.25, -0.2) is 0 Å². The van der Waals surface area contributed by atoms with E-state index in [4.69, 9.17) is 0 Å². The standard InChI is InChI=1S/C10H14N2O/c1-6-3-9-8(4-7(2)12-9)10(13)11-5-6/h4,6,12H,3,5H2,1-2H3,(H,11,13). The molecule has 1 aromatic rings. The van der Waals surface area contributed by atoms with Crippen LogP contribution >= 0.6 is 0 Å². The number of fused-ring (bicyclic) bond motifs is 1. The van der Waals surface area contributed by atoms with Crippen molar-refractivity contribution in [3.63, 3.8) is 0 Å². The van der Waals surface area contributed by atoms with Gasteiger partial charge in [-0.05, 0) is 25.3 Å². The first-order valence-corrected chi connectivity index (χ1v) is 4.63. The van der Waals surface area contributed by atoms with Gasteiger partial charge in [-0.15, -0.1) is 0 Å². The molecule has 1 aliphatic heterocycles. The molecular formula is C10H14N2O. The number of hydrogen-bond acceptors (Lipinski definition) is 1. The highest BCUT2D eigenvalue weighted by atomic mass is 16.1. The fraction of sp³-hybridized carbons (Fsp3) is 0.500. The molecule has 0 aliphatic carbocycles. The minimum Gasteiger partial charge on any atom is -0.362 e. The monoisotopic (exact) mass is 178 g/mol. The first kappa shape index (κ1) is 8.35. The van der Waals surface area contributed by atoms with Gasteiger partial charge in [0, 0.05) is 17.9 Å². The zero-order valence-electron chi connectivity index (χ0n) is 7.98. The van der Waals surface area contributed by atoms with E-state index in [0.717, 1.165) is 29.9 Å². The van der Waals surface area contributed by atoms with Crippen LogP contribution in [0.5, 0.6) is 0 Å². The molecule has 0 radical (unpaired) electrons. The van der Waals surface area contributed by atoms with Crippen LogP contribution in [0.1, 0.15) is 28.7 Å². The lowest BCUT2D eigenvalue weighted by atomic mass is 10.1. The van der Waals surface area contributed by atoms with Gasteiger partial charge in [-0.1, -0.05) is 6.92 Å². The summed E-state index contributed by atoms with van der Waals surface area (Å²) in [5.41, 5.74) is 2.97. The Bertz CT molecular complexity index is 341. The lowest BCUT2D eigenvalue weighted by Crippen LogP contribution is -2.25. The van der Waals surface area contributed by atoms with Crippen molar-refractivity contribution in [1.29, 1.82) is 0 Å². The van der Waals surface area contributed by atoms with Gasteiger partial charge < -0.3 is 10.3 Å². The number of aromatic nitrogens is 1. The summed E-state index contributed by atoms with van der Waals surface area (Å²) < 4.78 is 0. The molecule has 0 bridgehead atoms. The van der Waals surface area contributed by atoms with E-state index in [1.807, 2.05) is 13.0 Å². The van der Waals surface area contributed by atoms with Crippen LogP contribution in [-0.4, -0.2) is 17.4 Å². The van der Waals surface area contributed by atoms with Crippen molar-refractivity contribution >= 4 is 5.91 Å². The van der Waals surface area contributed by atoms with Crippen LogP contribution < -0.4 is 5.32 Å². The molecule has 0 saturated heterocycles. The number of aryl methyl sites for hydroxylation is 1. The summed E-state index contributed by atoms with van der Waals surface area (Å²) in [4.78, 5) is 14.8. The second kappa shape index (κ2) is 2.91. The molecule has 1 atom stereocenters. The van der Waals surface area contributed by atoms with Crippen molar-refractivity contribution in [2.75, 3.05) is 6.54 Å². The molecular weight excluding hydrogens is 164 g/mol. The second-order valence-electron chi connectivity index (χ2n) is 3.86. The molecule has 1 amide bonds. The van der Waals surface area contributed by atoms with E-state index in [2.05, 4.69) is 17.2 Å². The topological polar surface area (TPSA) is 44.9 Å². The third-order valence-corrected chi connectivity index (χ3v) is 2.44. The van der Waals surface area contributed by atoms with Crippen LogP contribution in [0.15, 0.2) is 6.07 Å². The summed E-state index contributed by atoms with van der Waals surface area (Å²) in [5, 5.41) is 2.90. The molecule has 1 unspecified atom stereocenters. The number of amides is 1. The Hall–Kier alpha value is -1.25. The summed E-state index contributed by atoms with van der Waals surface area (Å²) in [6, 6.07) is 1.92. The Labute approximate surface area is 77.5 Å². The van der Waals surface area contributed by atoms with Crippen molar-refractivity contribution in [3.05, 3.63) is 23.0 Å². The van der Waals surface area contributed by atoms with Gasteiger partial charge in [-0.3, -0.25) is 4.79 Å². The number of aromatic amines is 1. The molecule has 3 nitrogen and oxygen atoms in total. The molecule has 13 heavy (non-hydrogen) atoms. The van der Waals surface area contributed by atoms with Gasteiger partial charge in [0.25, 0.3) is 5.91 Å². The Morgan fingerprint density at radius 2 is 2.31 bits per heavy atom. The smallest absolute Gasteiger partial charge is 0.253 e. The number of carbonyl (C=O) groups excluding carboxylic acids is 1. The number of rotatable bonds is 0. The lowest BCUT2D eigenvalue weighted by Gasteiger charge is -2.05. The molecule has 2 N–H and O–H groups in total. The summed E-state index contributed by atoms with van der Waals surface area (Å²) in [6.07, 6.45) is 0.960. The van der Waals surface area contributed by atoms with Crippen molar-refractivity contribution in [3.8, 4) is 0 Å². The van der Waals surface area contributed by atoms with Crippen LogP contribution in [0.2, 0.25) is 0 Å². The van der Waals surface area contributed by atoms with E-state index < -0.39 is 0 Å². The zero-order valence-corrected chi connectivity index (χ0v) is 7.98. The second-order valence-corrected chi connectivity index (χ2v) is 3.86. The van der Waals surface area contributed by atoms with Gasteiger partial charge in [0.15, 0.2) is 0 Å². The maximum Gasteiger partial charge on any atom is 0.253 e. The van der Waals surface area contributed by atoms with Gasteiger partial charge in [0.1, 0.15) is 0 Å². The number of carbonyl (C=O) groups is 1. The van der Waals surface area contributed by atoms with Crippen LogP contribution in [0.25, 0.3) is 0 Å². The maximum absolute atomic E-state index is 11.5. The Morgan fingerprint density at radius 1 is 1.54 bits per heavy atom. The Morgan fingerprint density at radius 3 is 3.08 bits per heavy atom. The summed E-state index contributed by atoms with van der Waals surface area (Å²) in [7, 11) is 0. The molecule has 1 aromatic heterocycles. The maximum atomic E-state index is 11.5. The molecule has 3 heteroatoms. The van der Waals surface area contributed by atoms with E-state index in [1.54, 1.807) is 0 Å². The minimum absolute atomic E-state index is 0.0590. The molecule has 2 heterocycles. The summed E-state index contributed by atoms with van der Waals surface area (Å²) in [5.74, 6) is 0.576. The highest BCUT2D eigenvalue weighted by Gasteiger charge is 2.20. The van der Waals surface area contributed by atoms with Gasteiger partial charge in [0.05, 0.1) is 5.56 Å². The Kier molecular flexibility index (Phi) is 1.87. The van der Waals surface area contributed by atoms with E-state index >= 15 is 0 Å². The Balaban J connectivity index is 2.42. The lowest BCUT2D eigenvalue weighted by molar-refractivity contribution is 0.0952. The van der Waals surface area contributed by atoms with E-state index in [0.29, 0.717) is 5.92 Å². The van der Waals surface area contributed by atoms with Crippen molar-refractivity contribution in [2.45, 2.75) is 20.3 Å². The van der Waals surface area contributed by atoms with Crippen molar-refractivity contribution < 1.29 is 4.79 Å². The molecule has 70 valence electrons.